The largest absolute Gasteiger partial charge is 0.504 e. The third-order valence-electron chi connectivity index (χ3n) is 4.17. The van der Waals surface area contributed by atoms with Crippen molar-refractivity contribution >= 4 is 12.1 Å². The van der Waals surface area contributed by atoms with Gasteiger partial charge in [0.25, 0.3) is 5.91 Å². The molecule has 0 atom stereocenters. The van der Waals surface area contributed by atoms with Gasteiger partial charge in [0.05, 0.1) is 32.7 Å². The minimum absolute atomic E-state index is 0.0389. The predicted octanol–water partition coefficient (Wildman–Crippen LogP) is 2.96. The summed E-state index contributed by atoms with van der Waals surface area (Å²) >= 11 is 0. The van der Waals surface area contributed by atoms with Gasteiger partial charge in [-0.1, -0.05) is 0 Å². The summed E-state index contributed by atoms with van der Waals surface area (Å²) < 4.78 is 15.9. The van der Waals surface area contributed by atoms with Crippen LogP contribution in [0, 0.1) is 0 Å². The Morgan fingerprint density at radius 3 is 2.73 bits per heavy atom. The van der Waals surface area contributed by atoms with Crippen LogP contribution in [0.25, 0.3) is 11.3 Å². The van der Waals surface area contributed by atoms with Crippen LogP contribution in [0.2, 0.25) is 0 Å². The van der Waals surface area contributed by atoms with Crippen molar-refractivity contribution in [3.05, 3.63) is 53.7 Å². The fraction of sp³-hybridized carbons (Fsp3) is 0.190. The molecule has 30 heavy (non-hydrogen) atoms. The Bertz CT molecular complexity index is 1060. The van der Waals surface area contributed by atoms with Crippen molar-refractivity contribution in [3.8, 4) is 34.3 Å². The third-order valence-corrected chi connectivity index (χ3v) is 4.17. The second-order valence-electron chi connectivity index (χ2n) is 6.09. The number of hydrogen-bond donors (Lipinski definition) is 3. The summed E-state index contributed by atoms with van der Waals surface area (Å²) in [6.07, 6.45) is 1.45. The first-order valence-corrected chi connectivity index (χ1v) is 9.12. The van der Waals surface area contributed by atoms with Gasteiger partial charge < -0.3 is 19.3 Å². The second kappa shape index (κ2) is 9.46. The third kappa shape index (κ3) is 4.69. The number of amides is 1. The molecule has 3 N–H and O–H groups in total. The van der Waals surface area contributed by atoms with E-state index in [0.717, 1.165) is 0 Å². The number of ether oxygens (including phenoxy) is 3. The molecule has 1 aromatic heterocycles. The Balaban J connectivity index is 1.70. The van der Waals surface area contributed by atoms with Gasteiger partial charge >= 0.3 is 0 Å². The maximum absolute atomic E-state index is 12.3. The first-order chi connectivity index (χ1) is 14.5. The average Bonchev–Trinajstić information content (AvgIpc) is 3.25. The van der Waals surface area contributed by atoms with Gasteiger partial charge in [-0.3, -0.25) is 9.89 Å². The standard InChI is InChI=1S/C21H22N4O5/c1-4-30-20-9-13(5-8-18(20)26)12-22-25-21(27)17-11-16(23-24-17)15-7-6-14(28-2)10-19(15)29-3/h5-12,26H,4H2,1-3H3,(H,23,24)(H,25,27)/b22-12-. The van der Waals surface area contributed by atoms with Gasteiger partial charge in [0.15, 0.2) is 11.5 Å². The maximum Gasteiger partial charge on any atom is 0.289 e. The number of H-pyrrole nitrogens is 1. The number of aromatic hydroxyl groups is 1. The predicted molar refractivity (Wildman–Crippen MR) is 111 cm³/mol. The van der Waals surface area contributed by atoms with E-state index in [0.29, 0.717) is 40.7 Å². The first-order valence-electron chi connectivity index (χ1n) is 9.12. The van der Waals surface area contributed by atoms with E-state index in [1.54, 1.807) is 50.6 Å². The van der Waals surface area contributed by atoms with Crippen molar-refractivity contribution in [2.24, 2.45) is 5.10 Å². The lowest BCUT2D eigenvalue weighted by atomic mass is 10.1. The molecule has 0 aliphatic heterocycles. The molecule has 1 heterocycles. The molecule has 0 bridgehead atoms. The fourth-order valence-corrected chi connectivity index (χ4v) is 2.69. The Labute approximate surface area is 173 Å². The molecule has 0 unspecified atom stereocenters. The van der Waals surface area contributed by atoms with E-state index in [1.165, 1.54) is 12.3 Å². The molecule has 0 fully saturated rings. The van der Waals surface area contributed by atoms with E-state index >= 15 is 0 Å². The highest BCUT2D eigenvalue weighted by molar-refractivity contribution is 5.94. The van der Waals surface area contributed by atoms with Crippen LogP contribution in [0.1, 0.15) is 23.0 Å². The van der Waals surface area contributed by atoms with Gasteiger partial charge in [0.1, 0.15) is 17.2 Å². The fourth-order valence-electron chi connectivity index (χ4n) is 2.69. The Kier molecular flexibility index (Phi) is 6.53. The smallest absolute Gasteiger partial charge is 0.289 e. The van der Waals surface area contributed by atoms with Gasteiger partial charge in [-0.2, -0.15) is 10.2 Å². The van der Waals surface area contributed by atoms with Crippen molar-refractivity contribution < 1.29 is 24.1 Å². The summed E-state index contributed by atoms with van der Waals surface area (Å²) in [5.74, 6) is 1.15. The number of phenols is 1. The molecule has 9 nitrogen and oxygen atoms in total. The zero-order chi connectivity index (χ0) is 21.5. The molecule has 2 aromatic carbocycles. The normalized spacial score (nSPS) is 10.8. The molecule has 9 heteroatoms. The van der Waals surface area contributed by atoms with Crippen LogP contribution in [-0.2, 0) is 0 Å². The van der Waals surface area contributed by atoms with Gasteiger partial charge in [-0.15, -0.1) is 0 Å². The van der Waals surface area contributed by atoms with Crippen molar-refractivity contribution in [2.75, 3.05) is 20.8 Å². The molecule has 3 aromatic rings. The monoisotopic (exact) mass is 410 g/mol. The van der Waals surface area contributed by atoms with Gasteiger partial charge in [0.2, 0.25) is 0 Å². The van der Waals surface area contributed by atoms with E-state index in [1.807, 2.05) is 6.92 Å². The second-order valence-corrected chi connectivity index (χ2v) is 6.09. The van der Waals surface area contributed by atoms with Crippen LogP contribution >= 0.6 is 0 Å². The number of nitrogens with one attached hydrogen (secondary N) is 2. The molecule has 156 valence electrons. The molecule has 0 saturated heterocycles. The number of nitrogens with zero attached hydrogens (tertiary/aromatic N) is 2. The van der Waals surface area contributed by atoms with E-state index in [-0.39, 0.29) is 11.4 Å². The summed E-state index contributed by atoms with van der Waals surface area (Å²) in [4.78, 5) is 12.3. The molecule has 0 aliphatic rings. The number of phenolic OH excluding ortho intramolecular Hbond substituents is 1. The number of hydrazone groups is 1. The number of carbonyl (C=O) groups is 1. The number of aromatic nitrogens is 2. The molecule has 0 aliphatic carbocycles. The van der Waals surface area contributed by atoms with E-state index in [2.05, 4.69) is 20.7 Å². The number of methoxy groups -OCH3 is 2. The molecular weight excluding hydrogens is 388 g/mol. The van der Waals surface area contributed by atoms with Crippen LogP contribution in [-0.4, -0.2) is 48.3 Å². The van der Waals surface area contributed by atoms with Crippen LogP contribution in [0.3, 0.4) is 0 Å². The molecular formula is C21H22N4O5. The van der Waals surface area contributed by atoms with Crippen LogP contribution in [0.5, 0.6) is 23.0 Å². The minimum atomic E-state index is -0.457. The van der Waals surface area contributed by atoms with E-state index < -0.39 is 5.91 Å². The molecule has 0 spiro atoms. The SMILES string of the molecule is CCOc1cc(/C=N\NC(=O)c2cc(-c3ccc(OC)cc3OC)n[nH]2)ccc1O. The summed E-state index contributed by atoms with van der Waals surface area (Å²) in [6, 6.07) is 11.7. The quantitative estimate of drug-likeness (QED) is 0.388. The zero-order valence-electron chi connectivity index (χ0n) is 16.8. The van der Waals surface area contributed by atoms with Gasteiger partial charge in [-0.05, 0) is 48.9 Å². The van der Waals surface area contributed by atoms with Crippen molar-refractivity contribution in [1.29, 1.82) is 0 Å². The number of hydrogen-bond acceptors (Lipinski definition) is 7. The van der Waals surface area contributed by atoms with Crippen LogP contribution in [0.4, 0.5) is 0 Å². The lowest BCUT2D eigenvalue weighted by Crippen LogP contribution is -2.18. The summed E-state index contributed by atoms with van der Waals surface area (Å²) in [5, 5.41) is 20.5. The van der Waals surface area contributed by atoms with E-state index in [9.17, 15) is 9.90 Å². The lowest BCUT2D eigenvalue weighted by molar-refractivity contribution is 0.0950. The van der Waals surface area contributed by atoms with Crippen molar-refractivity contribution in [1.82, 2.24) is 15.6 Å². The average molecular weight is 410 g/mol. The highest BCUT2D eigenvalue weighted by atomic mass is 16.5. The topological polar surface area (TPSA) is 118 Å². The minimum Gasteiger partial charge on any atom is -0.504 e. The maximum atomic E-state index is 12.3. The van der Waals surface area contributed by atoms with E-state index in [4.69, 9.17) is 14.2 Å². The molecule has 1 amide bonds. The highest BCUT2D eigenvalue weighted by Gasteiger charge is 2.14. The van der Waals surface area contributed by atoms with Gasteiger partial charge in [0, 0.05) is 11.6 Å². The van der Waals surface area contributed by atoms with Crippen molar-refractivity contribution in [2.45, 2.75) is 6.92 Å². The summed E-state index contributed by atoms with van der Waals surface area (Å²) in [6.45, 7) is 2.24. The Hall–Kier alpha value is -4.01. The number of benzene rings is 2. The first kappa shape index (κ1) is 20.7. The van der Waals surface area contributed by atoms with Crippen LogP contribution < -0.4 is 19.6 Å². The molecule has 0 radical (unpaired) electrons. The highest BCUT2D eigenvalue weighted by Crippen LogP contribution is 2.32. The number of aromatic amines is 1. The molecule has 3 rings (SSSR count). The van der Waals surface area contributed by atoms with Crippen molar-refractivity contribution in [3.63, 3.8) is 0 Å². The van der Waals surface area contributed by atoms with Gasteiger partial charge in [-0.25, -0.2) is 5.43 Å². The number of rotatable bonds is 8. The van der Waals surface area contributed by atoms with Crippen LogP contribution in [0.15, 0.2) is 47.6 Å². The lowest BCUT2D eigenvalue weighted by Gasteiger charge is -2.08. The Morgan fingerprint density at radius 2 is 2.00 bits per heavy atom. The Morgan fingerprint density at radius 1 is 1.17 bits per heavy atom. The number of carbonyl (C=O) groups excluding carboxylic acids is 1. The summed E-state index contributed by atoms with van der Waals surface area (Å²) in [7, 11) is 3.12. The molecule has 0 saturated carbocycles. The summed E-state index contributed by atoms with van der Waals surface area (Å²) in [5.41, 5.74) is 4.58. The zero-order valence-corrected chi connectivity index (χ0v) is 16.8.